The maximum atomic E-state index is 12.4. The first-order chi connectivity index (χ1) is 12.0. The number of rotatable bonds is 6. The molecule has 2 N–H and O–H groups in total. The number of amides is 1. The zero-order valence-electron chi connectivity index (χ0n) is 14.8. The van der Waals surface area contributed by atoms with Crippen molar-refractivity contribution in [3.05, 3.63) is 45.7 Å². The number of aromatic amines is 1. The van der Waals surface area contributed by atoms with Gasteiger partial charge in [-0.15, -0.1) is 0 Å². The highest BCUT2D eigenvalue weighted by Gasteiger charge is 2.19. The van der Waals surface area contributed by atoms with Crippen LogP contribution in [0.4, 0.5) is 5.69 Å². The maximum absolute atomic E-state index is 12.4. The van der Waals surface area contributed by atoms with Gasteiger partial charge in [0.05, 0.1) is 10.2 Å². The molecular formula is C19H25BrN4O. The summed E-state index contributed by atoms with van der Waals surface area (Å²) < 4.78 is 0.738. The highest BCUT2D eigenvalue weighted by molar-refractivity contribution is 9.10. The van der Waals surface area contributed by atoms with E-state index in [2.05, 4.69) is 62.3 Å². The number of likely N-dealkylation sites (tertiary alicyclic amines) is 1. The van der Waals surface area contributed by atoms with Crippen molar-refractivity contribution in [1.82, 2.24) is 15.1 Å². The minimum Gasteiger partial charge on any atom is -0.321 e. The predicted octanol–water partition coefficient (Wildman–Crippen LogP) is 4.19. The highest BCUT2D eigenvalue weighted by atomic mass is 79.9. The Balaban J connectivity index is 1.58. The van der Waals surface area contributed by atoms with E-state index in [0.717, 1.165) is 28.8 Å². The molecule has 5 nitrogen and oxygen atoms in total. The molecule has 134 valence electrons. The summed E-state index contributed by atoms with van der Waals surface area (Å²) in [6, 6.07) is 8.10. The van der Waals surface area contributed by atoms with Crippen molar-refractivity contribution >= 4 is 27.5 Å². The van der Waals surface area contributed by atoms with Crippen LogP contribution in [0.15, 0.2) is 28.7 Å². The zero-order chi connectivity index (χ0) is 17.8. The number of halogens is 1. The Morgan fingerprint density at radius 1 is 1.28 bits per heavy atom. The van der Waals surface area contributed by atoms with Gasteiger partial charge in [0, 0.05) is 12.2 Å². The third kappa shape index (κ3) is 4.50. The van der Waals surface area contributed by atoms with Crippen molar-refractivity contribution in [1.29, 1.82) is 0 Å². The normalized spacial score (nSPS) is 15.0. The third-order valence-corrected chi connectivity index (χ3v) is 5.45. The standard InChI is InChI=1S/C19H25BrN4O/c1-13(2)17-16(20)18(23-22-17)19(25)21-15-7-5-14(6-8-15)9-12-24-10-3-4-11-24/h5-8,13H,3-4,9-12H2,1-2H3,(H,21,25)(H,22,23). The van der Waals surface area contributed by atoms with Crippen molar-refractivity contribution in [3.8, 4) is 0 Å². The molecule has 25 heavy (non-hydrogen) atoms. The molecule has 1 aromatic carbocycles. The van der Waals surface area contributed by atoms with Gasteiger partial charge >= 0.3 is 0 Å². The van der Waals surface area contributed by atoms with Crippen LogP contribution in [0.1, 0.15) is 54.4 Å². The van der Waals surface area contributed by atoms with Crippen molar-refractivity contribution in [2.45, 2.75) is 39.0 Å². The second-order valence-electron chi connectivity index (χ2n) is 6.90. The lowest BCUT2D eigenvalue weighted by atomic mass is 10.1. The van der Waals surface area contributed by atoms with Gasteiger partial charge in [-0.3, -0.25) is 9.89 Å². The molecule has 0 radical (unpaired) electrons. The van der Waals surface area contributed by atoms with E-state index in [1.807, 2.05) is 12.1 Å². The van der Waals surface area contributed by atoms with E-state index in [0.29, 0.717) is 5.69 Å². The van der Waals surface area contributed by atoms with Gasteiger partial charge in [0.15, 0.2) is 5.69 Å². The molecule has 0 unspecified atom stereocenters. The van der Waals surface area contributed by atoms with Gasteiger partial charge in [0.1, 0.15) is 0 Å². The van der Waals surface area contributed by atoms with Crippen LogP contribution < -0.4 is 5.32 Å². The van der Waals surface area contributed by atoms with Gasteiger partial charge in [-0.25, -0.2) is 0 Å². The largest absolute Gasteiger partial charge is 0.321 e. The molecule has 0 aliphatic carbocycles. The molecule has 1 fully saturated rings. The first kappa shape index (κ1) is 18.1. The van der Waals surface area contributed by atoms with Gasteiger partial charge in [-0.2, -0.15) is 5.10 Å². The molecule has 1 aromatic heterocycles. The third-order valence-electron chi connectivity index (χ3n) is 4.65. The molecule has 2 heterocycles. The fraction of sp³-hybridized carbons (Fsp3) is 0.474. The van der Waals surface area contributed by atoms with Gasteiger partial charge in [-0.05, 0) is 71.9 Å². The summed E-state index contributed by atoms with van der Waals surface area (Å²) in [7, 11) is 0. The molecule has 0 atom stereocenters. The summed E-state index contributed by atoms with van der Waals surface area (Å²) in [4.78, 5) is 14.9. The second-order valence-corrected chi connectivity index (χ2v) is 7.70. The van der Waals surface area contributed by atoms with E-state index in [9.17, 15) is 4.79 Å². The SMILES string of the molecule is CC(C)c1[nH]nc(C(=O)Nc2ccc(CCN3CCCC3)cc2)c1Br. The first-order valence-corrected chi connectivity index (χ1v) is 9.70. The van der Waals surface area contributed by atoms with Crippen LogP contribution in [-0.4, -0.2) is 40.6 Å². The fourth-order valence-electron chi connectivity index (χ4n) is 3.11. The lowest BCUT2D eigenvalue weighted by molar-refractivity contribution is 0.102. The van der Waals surface area contributed by atoms with Gasteiger partial charge in [0.2, 0.25) is 0 Å². The number of hydrogen-bond acceptors (Lipinski definition) is 3. The molecule has 6 heteroatoms. The number of anilines is 1. The first-order valence-electron chi connectivity index (χ1n) is 8.91. The zero-order valence-corrected chi connectivity index (χ0v) is 16.4. The number of carbonyl (C=O) groups is 1. The van der Waals surface area contributed by atoms with E-state index in [1.54, 1.807) is 0 Å². The average Bonchev–Trinajstić information content (AvgIpc) is 3.23. The van der Waals surface area contributed by atoms with Crippen LogP contribution >= 0.6 is 15.9 Å². The van der Waals surface area contributed by atoms with Crippen molar-refractivity contribution in [2.75, 3.05) is 25.0 Å². The lowest BCUT2D eigenvalue weighted by Crippen LogP contribution is -2.21. The minimum atomic E-state index is -0.208. The molecule has 0 saturated carbocycles. The Bertz CT molecular complexity index is 718. The number of nitrogens with zero attached hydrogens (tertiary/aromatic N) is 2. The Morgan fingerprint density at radius 2 is 1.96 bits per heavy atom. The summed E-state index contributed by atoms with van der Waals surface area (Å²) in [5.74, 6) is 0.0677. The van der Waals surface area contributed by atoms with Gasteiger partial charge < -0.3 is 10.2 Å². The summed E-state index contributed by atoms with van der Waals surface area (Å²) in [5, 5.41) is 9.98. The number of hydrogen-bond donors (Lipinski definition) is 2. The van der Waals surface area contributed by atoms with E-state index in [-0.39, 0.29) is 11.8 Å². The number of H-pyrrole nitrogens is 1. The molecule has 2 aromatic rings. The smallest absolute Gasteiger partial charge is 0.277 e. The van der Waals surface area contributed by atoms with Crippen molar-refractivity contribution in [2.24, 2.45) is 0 Å². The van der Waals surface area contributed by atoms with Crippen LogP contribution in [0.25, 0.3) is 0 Å². The van der Waals surface area contributed by atoms with Crippen LogP contribution in [0, 0.1) is 0 Å². The number of nitrogens with one attached hydrogen (secondary N) is 2. The number of benzene rings is 1. The molecule has 1 aliphatic heterocycles. The molecule has 0 spiro atoms. The summed E-state index contributed by atoms with van der Waals surface area (Å²) in [6.45, 7) is 7.68. The van der Waals surface area contributed by atoms with Crippen LogP contribution in [0.2, 0.25) is 0 Å². The fourth-order valence-corrected chi connectivity index (χ4v) is 3.93. The quantitative estimate of drug-likeness (QED) is 0.758. The Hall–Kier alpha value is -1.66. The molecule has 1 saturated heterocycles. The van der Waals surface area contributed by atoms with Gasteiger partial charge in [0.25, 0.3) is 5.91 Å². The Morgan fingerprint density at radius 3 is 2.56 bits per heavy atom. The lowest BCUT2D eigenvalue weighted by Gasteiger charge is -2.14. The topological polar surface area (TPSA) is 61.0 Å². The minimum absolute atomic E-state index is 0.208. The summed E-state index contributed by atoms with van der Waals surface area (Å²) >= 11 is 3.47. The Kier molecular flexibility index (Phi) is 5.91. The predicted molar refractivity (Wildman–Crippen MR) is 104 cm³/mol. The Labute approximate surface area is 157 Å². The second kappa shape index (κ2) is 8.15. The molecular weight excluding hydrogens is 380 g/mol. The van der Waals surface area contributed by atoms with E-state index in [4.69, 9.17) is 0 Å². The maximum Gasteiger partial charge on any atom is 0.277 e. The van der Waals surface area contributed by atoms with Gasteiger partial charge in [-0.1, -0.05) is 26.0 Å². The van der Waals surface area contributed by atoms with Crippen LogP contribution in [0.3, 0.4) is 0 Å². The molecule has 0 bridgehead atoms. The van der Waals surface area contributed by atoms with Crippen molar-refractivity contribution in [3.63, 3.8) is 0 Å². The molecule has 3 rings (SSSR count). The molecule has 1 amide bonds. The number of aromatic nitrogens is 2. The van der Waals surface area contributed by atoms with E-state index in [1.165, 1.54) is 31.5 Å². The highest BCUT2D eigenvalue weighted by Crippen LogP contribution is 2.26. The summed E-state index contributed by atoms with van der Waals surface area (Å²) in [6.07, 6.45) is 3.70. The van der Waals surface area contributed by atoms with E-state index < -0.39 is 0 Å². The molecule has 1 aliphatic rings. The monoisotopic (exact) mass is 404 g/mol. The average molecular weight is 405 g/mol. The van der Waals surface area contributed by atoms with E-state index >= 15 is 0 Å². The van der Waals surface area contributed by atoms with Crippen LogP contribution in [-0.2, 0) is 6.42 Å². The number of carbonyl (C=O) groups excluding carboxylic acids is 1. The van der Waals surface area contributed by atoms with Crippen molar-refractivity contribution < 1.29 is 4.79 Å². The van der Waals surface area contributed by atoms with Crippen LogP contribution in [0.5, 0.6) is 0 Å². The summed E-state index contributed by atoms with van der Waals surface area (Å²) in [5.41, 5.74) is 3.41.